The second kappa shape index (κ2) is 7.37. The number of allylic oxidation sites excluding steroid dienone is 2. The van der Waals surface area contributed by atoms with Gasteiger partial charge >= 0.3 is 0 Å². The maximum absolute atomic E-state index is 13.4. The van der Waals surface area contributed by atoms with Crippen LogP contribution in [0, 0.1) is 34.5 Å². The predicted molar refractivity (Wildman–Crippen MR) is 128 cm³/mol. The number of carbonyl (C=O) groups excluding carboxylic acids is 2. The summed E-state index contributed by atoms with van der Waals surface area (Å²) in [6.07, 6.45) is 9.45. The lowest BCUT2D eigenvalue weighted by Crippen LogP contribution is -2.54. The number of hydrogen-bond donors (Lipinski definition) is 1. The first kappa shape index (κ1) is 21.8. The van der Waals surface area contributed by atoms with Crippen LogP contribution in [0.15, 0.2) is 11.3 Å². The number of fused-ring (bicyclic) bond motifs is 5. The second-order valence-electron chi connectivity index (χ2n) is 12.0. The molecule has 0 spiro atoms. The molecule has 0 radical (unpaired) electrons. The average molecular weight is 469 g/mol. The monoisotopic (exact) mass is 468 g/mol. The highest BCUT2D eigenvalue weighted by Gasteiger charge is 2.61. The lowest BCUT2D eigenvalue weighted by atomic mass is 9.48. The van der Waals surface area contributed by atoms with Crippen LogP contribution in [-0.2, 0) is 9.59 Å². The number of nitrogens with zero attached hydrogens (tertiary/aromatic N) is 3. The Morgan fingerprint density at radius 2 is 1.88 bits per heavy atom. The van der Waals surface area contributed by atoms with Crippen LogP contribution in [0.25, 0.3) is 0 Å². The van der Waals surface area contributed by atoms with Crippen LogP contribution in [0.1, 0.15) is 89.5 Å². The molecule has 6 rings (SSSR count). The molecule has 1 N–H and O–H groups in total. The number of hydrogen-bond acceptors (Lipinski definition) is 5. The average Bonchev–Trinajstić information content (AvgIpc) is 3.40. The molecule has 178 valence electrons. The van der Waals surface area contributed by atoms with Gasteiger partial charge in [0.15, 0.2) is 0 Å². The van der Waals surface area contributed by atoms with Crippen molar-refractivity contribution >= 4 is 28.3 Å². The lowest BCUT2D eigenvalue weighted by molar-refractivity contribution is -0.137. The highest BCUT2D eigenvalue weighted by molar-refractivity contribution is 7.15. The van der Waals surface area contributed by atoms with E-state index in [2.05, 4.69) is 36.3 Å². The number of anilines is 1. The summed E-state index contributed by atoms with van der Waals surface area (Å²) in [5, 5.41) is 13.4. The van der Waals surface area contributed by atoms with Gasteiger partial charge in [0.2, 0.25) is 16.9 Å². The van der Waals surface area contributed by atoms with Crippen molar-refractivity contribution in [2.45, 2.75) is 84.5 Å². The fraction of sp³-hybridized carbons (Fsp3) is 0.769. The summed E-state index contributed by atoms with van der Waals surface area (Å²) < 4.78 is 0. The molecule has 1 aromatic rings. The number of amides is 2. The van der Waals surface area contributed by atoms with E-state index in [4.69, 9.17) is 0 Å². The minimum Gasteiger partial charge on any atom is -0.319 e. The Balaban J connectivity index is 1.24. The zero-order valence-electron chi connectivity index (χ0n) is 20.3. The van der Waals surface area contributed by atoms with Gasteiger partial charge in [0.25, 0.3) is 0 Å². The molecule has 5 aliphatic rings. The zero-order chi connectivity index (χ0) is 23.1. The maximum atomic E-state index is 13.4. The molecule has 1 aliphatic heterocycles. The predicted octanol–water partition coefficient (Wildman–Crippen LogP) is 5.35. The Bertz CT molecular complexity index is 1040. The van der Waals surface area contributed by atoms with Crippen LogP contribution in [0.4, 0.5) is 5.13 Å². The first-order valence-electron chi connectivity index (χ1n) is 12.8. The van der Waals surface area contributed by atoms with Crippen molar-refractivity contribution in [3.05, 3.63) is 16.3 Å². The molecule has 33 heavy (non-hydrogen) atoms. The van der Waals surface area contributed by atoms with E-state index in [1.165, 1.54) is 24.1 Å². The van der Waals surface area contributed by atoms with Crippen molar-refractivity contribution in [2.24, 2.45) is 34.5 Å². The number of nitrogens with one attached hydrogen (secondary N) is 1. The summed E-state index contributed by atoms with van der Waals surface area (Å²) in [5.74, 6) is 2.82. The molecule has 2 heterocycles. The standard InChI is InChI=1S/C26H36N4O2S/c1-14-13-16-17-7-8-19(22(32)27-24-29-28-23(33-24)15-5-6-15)25(17,2)11-9-18(16)26(3)12-10-20(31)30(4)21(14)26/h15-19H,5-13H2,1-4H3,(H,27,29,32)/t16-,17-,18-,19+,25-,26+/m0/s1. The SMILES string of the molecule is CC1=C2N(C)C(=O)CC[C@]2(C)[C@H]2CC[C@]3(C)[C@@H](C(=O)Nc4nnc(C5CC5)s4)CC[C@H]3[C@@H]2C1. The zero-order valence-corrected chi connectivity index (χ0v) is 21.1. The Morgan fingerprint density at radius 1 is 1.09 bits per heavy atom. The first-order chi connectivity index (χ1) is 15.7. The van der Waals surface area contributed by atoms with Crippen LogP contribution in [-0.4, -0.2) is 34.0 Å². The molecule has 0 bridgehead atoms. The summed E-state index contributed by atoms with van der Waals surface area (Å²) in [6, 6.07) is 0. The normalized spacial score (nSPS) is 40.4. The molecule has 7 heteroatoms. The van der Waals surface area contributed by atoms with Gasteiger partial charge in [0, 0.05) is 36.4 Å². The van der Waals surface area contributed by atoms with E-state index in [1.807, 2.05) is 11.9 Å². The van der Waals surface area contributed by atoms with Gasteiger partial charge in [0.1, 0.15) is 5.01 Å². The molecule has 4 fully saturated rings. The van der Waals surface area contributed by atoms with E-state index in [9.17, 15) is 9.59 Å². The second-order valence-corrected chi connectivity index (χ2v) is 13.0. The summed E-state index contributed by atoms with van der Waals surface area (Å²) in [4.78, 5) is 27.9. The van der Waals surface area contributed by atoms with Gasteiger partial charge in [-0.2, -0.15) is 0 Å². The molecular weight excluding hydrogens is 432 g/mol. The van der Waals surface area contributed by atoms with Crippen LogP contribution in [0.3, 0.4) is 0 Å². The molecule has 4 aliphatic carbocycles. The third kappa shape index (κ3) is 3.17. The van der Waals surface area contributed by atoms with Gasteiger partial charge in [-0.05, 0) is 81.5 Å². The topological polar surface area (TPSA) is 75.2 Å². The number of likely N-dealkylation sites (tertiary alicyclic amines) is 1. The molecule has 1 saturated heterocycles. The highest BCUT2D eigenvalue weighted by Crippen LogP contribution is 2.67. The van der Waals surface area contributed by atoms with Gasteiger partial charge in [-0.1, -0.05) is 30.8 Å². The summed E-state index contributed by atoms with van der Waals surface area (Å²) in [7, 11) is 1.98. The quantitative estimate of drug-likeness (QED) is 0.649. The highest BCUT2D eigenvalue weighted by atomic mass is 32.1. The molecule has 3 saturated carbocycles. The molecular formula is C26H36N4O2S. The molecule has 0 unspecified atom stereocenters. The lowest BCUT2D eigenvalue weighted by Gasteiger charge is -2.59. The smallest absolute Gasteiger partial charge is 0.229 e. The van der Waals surface area contributed by atoms with Crippen molar-refractivity contribution in [2.75, 3.05) is 12.4 Å². The minimum atomic E-state index is 0.0415. The van der Waals surface area contributed by atoms with Crippen molar-refractivity contribution in [1.29, 1.82) is 0 Å². The number of carbonyl (C=O) groups is 2. The summed E-state index contributed by atoms with van der Waals surface area (Å²) in [5.41, 5.74) is 2.83. The minimum absolute atomic E-state index is 0.0415. The Kier molecular flexibility index (Phi) is 4.86. The van der Waals surface area contributed by atoms with Gasteiger partial charge in [0.05, 0.1) is 0 Å². The Hall–Kier alpha value is -1.76. The van der Waals surface area contributed by atoms with Crippen molar-refractivity contribution in [1.82, 2.24) is 15.1 Å². The van der Waals surface area contributed by atoms with Crippen molar-refractivity contribution in [3.63, 3.8) is 0 Å². The molecule has 0 aromatic carbocycles. The van der Waals surface area contributed by atoms with E-state index in [1.54, 1.807) is 11.3 Å². The van der Waals surface area contributed by atoms with E-state index in [0.717, 1.165) is 43.5 Å². The van der Waals surface area contributed by atoms with Crippen LogP contribution in [0.5, 0.6) is 0 Å². The largest absolute Gasteiger partial charge is 0.319 e. The maximum Gasteiger partial charge on any atom is 0.229 e. The van der Waals surface area contributed by atoms with E-state index < -0.39 is 0 Å². The van der Waals surface area contributed by atoms with Crippen LogP contribution < -0.4 is 5.32 Å². The number of aromatic nitrogens is 2. The van der Waals surface area contributed by atoms with E-state index in [0.29, 0.717) is 35.2 Å². The third-order valence-electron chi connectivity index (χ3n) is 10.2. The van der Waals surface area contributed by atoms with Crippen LogP contribution >= 0.6 is 11.3 Å². The van der Waals surface area contributed by atoms with Crippen molar-refractivity contribution in [3.8, 4) is 0 Å². The van der Waals surface area contributed by atoms with E-state index >= 15 is 0 Å². The van der Waals surface area contributed by atoms with Gasteiger partial charge in [-0.15, -0.1) is 10.2 Å². The fourth-order valence-electron chi connectivity index (χ4n) is 8.51. The fourth-order valence-corrected chi connectivity index (χ4v) is 9.43. The molecule has 2 amide bonds. The molecule has 6 nitrogen and oxygen atoms in total. The third-order valence-corrected chi connectivity index (χ3v) is 11.2. The molecule has 1 aromatic heterocycles. The number of piperidine rings is 1. The van der Waals surface area contributed by atoms with E-state index in [-0.39, 0.29) is 28.6 Å². The van der Waals surface area contributed by atoms with Crippen molar-refractivity contribution < 1.29 is 9.59 Å². The molecule has 6 atom stereocenters. The van der Waals surface area contributed by atoms with Gasteiger partial charge in [-0.3, -0.25) is 9.59 Å². The Labute approximate surface area is 200 Å². The Morgan fingerprint density at radius 3 is 2.64 bits per heavy atom. The number of rotatable bonds is 3. The van der Waals surface area contributed by atoms with Gasteiger partial charge < -0.3 is 10.2 Å². The summed E-state index contributed by atoms with van der Waals surface area (Å²) >= 11 is 1.56. The van der Waals surface area contributed by atoms with Gasteiger partial charge in [-0.25, -0.2) is 0 Å². The van der Waals surface area contributed by atoms with Crippen LogP contribution in [0.2, 0.25) is 0 Å². The summed E-state index contributed by atoms with van der Waals surface area (Å²) in [6.45, 7) is 7.05. The first-order valence-corrected chi connectivity index (χ1v) is 13.6.